The molecule has 0 fully saturated rings. The van der Waals surface area contributed by atoms with E-state index in [0.717, 1.165) is 17.7 Å². The van der Waals surface area contributed by atoms with Crippen LogP contribution in [0, 0.1) is 0 Å². The molecule has 1 unspecified atom stereocenters. The molecule has 1 atom stereocenters. The smallest absolute Gasteiger partial charge is 0.119 e. The summed E-state index contributed by atoms with van der Waals surface area (Å²) in [7, 11) is 1.67. The van der Waals surface area contributed by atoms with Gasteiger partial charge in [0.15, 0.2) is 0 Å². The van der Waals surface area contributed by atoms with Gasteiger partial charge in [-0.1, -0.05) is 51.3 Å². The van der Waals surface area contributed by atoms with Crippen molar-refractivity contribution in [2.45, 2.75) is 11.2 Å². The van der Waals surface area contributed by atoms with Crippen LogP contribution in [0.2, 0.25) is 10.0 Å². The second kappa shape index (κ2) is 6.65. The van der Waals surface area contributed by atoms with Crippen LogP contribution in [0.4, 0.5) is 0 Å². The summed E-state index contributed by atoms with van der Waals surface area (Å²) in [5, 5.41) is 1.30. The number of hydrogen-bond acceptors (Lipinski definition) is 1. The molecule has 0 aliphatic carbocycles. The quantitative estimate of drug-likeness (QED) is 0.638. The van der Waals surface area contributed by atoms with Gasteiger partial charge in [0.2, 0.25) is 0 Å². The van der Waals surface area contributed by atoms with Crippen LogP contribution in [0.25, 0.3) is 0 Å². The number of alkyl halides is 1. The molecule has 2 aromatic rings. The molecule has 0 aromatic heterocycles. The van der Waals surface area contributed by atoms with E-state index in [2.05, 4.69) is 22.0 Å². The van der Waals surface area contributed by atoms with Gasteiger partial charge in [-0.05, 0) is 47.9 Å². The van der Waals surface area contributed by atoms with Crippen LogP contribution in [0.5, 0.6) is 5.75 Å². The zero-order chi connectivity index (χ0) is 13.8. The summed E-state index contributed by atoms with van der Waals surface area (Å²) in [6.45, 7) is 0. The Hall–Kier alpha value is -0.700. The Labute approximate surface area is 131 Å². The summed E-state index contributed by atoms with van der Waals surface area (Å²) in [4.78, 5) is 0.163. The van der Waals surface area contributed by atoms with Crippen LogP contribution < -0.4 is 4.74 Å². The lowest BCUT2D eigenvalue weighted by molar-refractivity contribution is 0.414. The van der Waals surface area contributed by atoms with Gasteiger partial charge in [-0.15, -0.1) is 0 Å². The van der Waals surface area contributed by atoms with Gasteiger partial charge in [0.25, 0.3) is 0 Å². The maximum absolute atomic E-state index is 6.02. The Morgan fingerprint density at radius 1 is 1.11 bits per heavy atom. The maximum Gasteiger partial charge on any atom is 0.119 e. The second-order valence-corrected chi connectivity index (χ2v) is 6.20. The van der Waals surface area contributed by atoms with E-state index in [1.807, 2.05) is 30.3 Å². The number of hydrogen-bond donors (Lipinski definition) is 0. The van der Waals surface area contributed by atoms with Gasteiger partial charge in [-0.3, -0.25) is 0 Å². The predicted octanol–water partition coefficient (Wildman–Crippen LogP) is 5.68. The topological polar surface area (TPSA) is 9.23 Å². The first-order valence-electron chi connectivity index (χ1n) is 5.81. The minimum Gasteiger partial charge on any atom is -0.497 e. The van der Waals surface area contributed by atoms with E-state index in [4.69, 9.17) is 27.9 Å². The van der Waals surface area contributed by atoms with Gasteiger partial charge in [0.05, 0.1) is 7.11 Å². The highest BCUT2D eigenvalue weighted by molar-refractivity contribution is 9.09. The van der Waals surface area contributed by atoms with E-state index >= 15 is 0 Å². The molecule has 0 aliphatic heterocycles. The largest absolute Gasteiger partial charge is 0.497 e. The molecule has 4 heteroatoms. The van der Waals surface area contributed by atoms with Gasteiger partial charge in [0.1, 0.15) is 5.75 Å². The molecule has 0 bridgehead atoms. The van der Waals surface area contributed by atoms with Crippen LogP contribution in [-0.4, -0.2) is 7.11 Å². The third-order valence-corrected chi connectivity index (χ3v) is 4.08. The van der Waals surface area contributed by atoms with Crippen molar-refractivity contribution in [2.24, 2.45) is 0 Å². The van der Waals surface area contributed by atoms with E-state index in [0.29, 0.717) is 10.0 Å². The molecule has 0 spiro atoms. The first kappa shape index (κ1) is 14.7. The molecule has 2 rings (SSSR count). The van der Waals surface area contributed by atoms with E-state index in [1.54, 1.807) is 13.2 Å². The van der Waals surface area contributed by atoms with Gasteiger partial charge >= 0.3 is 0 Å². The van der Waals surface area contributed by atoms with Crippen molar-refractivity contribution in [3.63, 3.8) is 0 Å². The molecule has 1 nitrogen and oxygen atoms in total. The molecular formula is C15H13BrCl2O. The van der Waals surface area contributed by atoms with Crippen LogP contribution in [-0.2, 0) is 6.42 Å². The first-order chi connectivity index (χ1) is 9.08. The molecule has 2 aromatic carbocycles. The fourth-order valence-corrected chi connectivity index (χ4v) is 3.06. The zero-order valence-corrected chi connectivity index (χ0v) is 13.5. The predicted molar refractivity (Wildman–Crippen MR) is 84.8 cm³/mol. The van der Waals surface area contributed by atoms with E-state index in [1.165, 1.54) is 5.56 Å². The molecule has 19 heavy (non-hydrogen) atoms. The molecule has 0 saturated carbocycles. The number of ether oxygens (including phenoxy) is 1. The summed E-state index contributed by atoms with van der Waals surface area (Å²) >= 11 is 15.7. The molecule has 0 aliphatic rings. The Bertz CT molecular complexity index is 552. The number of methoxy groups -OCH3 is 1. The fourth-order valence-electron chi connectivity index (χ4n) is 1.88. The van der Waals surface area contributed by atoms with Crippen LogP contribution >= 0.6 is 39.1 Å². The van der Waals surface area contributed by atoms with E-state index in [9.17, 15) is 0 Å². The molecule has 0 heterocycles. The molecule has 0 saturated heterocycles. The zero-order valence-electron chi connectivity index (χ0n) is 10.4. The lowest BCUT2D eigenvalue weighted by Crippen LogP contribution is -1.96. The highest BCUT2D eigenvalue weighted by Gasteiger charge is 2.11. The highest BCUT2D eigenvalue weighted by Crippen LogP contribution is 2.31. The Morgan fingerprint density at radius 3 is 2.42 bits per heavy atom. The van der Waals surface area contributed by atoms with Crippen LogP contribution in [0.15, 0.2) is 42.5 Å². The van der Waals surface area contributed by atoms with Crippen molar-refractivity contribution in [3.8, 4) is 5.75 Å². The molecular weight excluding hydrogens is 347 g/mol. The first-order valence-corrected chi connectivity index (χ1v) is 7.48. The average molecular weight is 360 g/mol. The summed E-state index contributed by atoms with van der Waals surface area (Å²) in [6.07, 6.45) is 0.841. The Balaban J connectivity index is 2.17. The van der Waals surface area contributed by atoms with Gasteiger partial charge in [0, 0.05) is 14.9 Å². The van der Waals surface area contributed by atoms with Gasteiger partial charge in [-0.25, -0.2) is 0 Å². The Kier molecular flexibility index (Phi) is 5.14. The van der Waals surface area contributed by atoms with Crippen molar-refractivity contribution >= 4 is 39.1 Å². The lowest BCUT2D eigenvalue weighted by atomic mass is 10.0. The summed E-state index contributed by atoms with van der Waals surface area (Å²) in [5.74, 6) is 0.862. The Morgan fingerprint density at radius 2 is 1.79 bits per heavy atom. The minimum absolute atomic E-state index is 0.163. The second-order valence-electron chi connectivity index (χ2n) is 4.23. The number of benzene rings is 2. The monoisotopic (exact) mass is 358 g/mol. The maximum atomic E-state index is 6.02. The van der Waals surface area contributed by atoms with Crippen molar-refractivity contribution in [2.75, 3.05) is 7.11 Å². The average Bonchev–Trinajstić information content (AvgIpc) is 2.37. The standard InChI is InChI=1S/C15H13BrCl2O/c1-19-14-4-2-3-10(5-14)6-15(16)11-7-12(17)9-13(18)8-11/h2-5,7-9,15H,6H2,1H3. The molecule has 0 N–H and O–H groups in total. The van der Waals surface area contributed by atoms with Crippen LogP contribution in [0.1, 0.15) is 16.0 Å². The van der Waals surface area contributed by atoms with E-state index < -0.39 is 0 Å². The van der Waals surface area contributed by atoms with E-state index in [-0.39, 0.29) is 4.83 Å². The normalized spacial score (nSPS) is 12.2. The summed E-state index contributed by atoms with van der Waals surface area (Å²) in [5.41, 5.74) is 2.26. The lowest BCUT2D eigenvalue weighted by Gasteiger charge is -2.12. The summed E-state index contributed by atoms with van der Waals surface area (Å²) < 4.78 is 5.22. The SMILES string of the molecule is COc1cccc(CC(Br)c2cc(Cl)cc(Cl)c2)c1. The summed E-state index contributed by atoms with van der Waals surface area (Å²) in [6, 6.07) is 13.6. The van der Waals surface area contributed by atoms with Crippen molar-refractivity contribution in [1.29, 1.82) is 0 Å². The van der Waals surface area contributed by atoms with Gasteiger partial charge in [-0.2, -0.15) is 0 Å². The minimum atomic E-state index is 0.163. The molecule has 100 valence electrons. The van der Waals surface area contributed by atoms with Crippen molar-refractivity contribution < 1.29 is 4.74 Å². The highest BCUT2D eigenvalue weighted by atomic mass is 79.9. The molecule has 0 radical (unpaired) electrons. The number of halogens is 3. The third kappa shape index (κ3) is 4.13. The number of rotatable bonds is 4. The fraction of sp³-hybridized carbons (Fsp3) is 0.200. The van der Waals surface area contributed by atoms with Crippen molar-refractivity contribution in [3.05, 3.63) is 63.6 Å². The van der Waals surface area contributed by atoms with Crippen LogP contribution in [0.3, 0.4) is 0 Å². The van der Waals surface area contributed by atoms with Gasteiger partial charge < -0.3 is 4.74 Å². The molecule has 0 amide bonds. The van der Waals surface area contributed by atoms with Crippen molar-refractivity contribution in [1.82, 2.24) is 0 Å². The third-order valence-electron chi connectivity index (χ3n) is 2.80.